The van der Waals surface area contributed by atoms with Gasteiger partial charge in [0.2, 0.25) is 5.91 Å². The molecule has 0 aromatic carbocycles. The zero-order valence-corrected chi connectivity index (χ0v) is 8.84. The van der Waals surface area contributed by atoms with Gasteiger partial charge in [0, 0.05) is 26.2 Å². The molecule has 1 heterocycles. The first-order chi connectivity index (χ1) is 6.34. The molecule has 0 atom stereocenters. The molecule has 1 N–H and O–H groups in total. The molecule has 1 saturated heterocycles. The molecule has 3 nitrogen and oxygen atoms in total. The van der Waals surface area contributed by atoms with Crippen LogP contribution in [0.3, 0.4) is 0 Å². The summed E-state index contributed by atoms with van der Waals surface area (Å²) in [6.45, 7) is 9.37. The van der Waals surface area contributed by atoms with Crippen LogP contribution in [0.2, 0.25) is 0 Å². The first-order valence-corrected chi connectivity index (χ1v) is 4.97. The van der Waals surface area contributed by atoms with E-state index >= 15 is 0 Å². The van der Waals surface area contributed by atoms with Crippen LogP contribution in [0.25, 0.3) is 0 Å². The number of hydrogen-bond donors (Lipinski definition) is 1. The molecular weight excluding hydrogens is 164 g/mol. The van der Waals surface area contributed by atoms with Gasteiger partial charge in [0.05, 0.1) is 0 Å². The van der Waals surface area contributed by atoms with E-state index in [-0.39, 0.29) is 5.91 Å². The van der Waals surface area contributed by atoms with Crippen LogP contribution in [0.1, 0.15) is 20.8 Å². The van der Waals surface area contributed by atoms with Crippen molar-refractivity contribution in [1.29, 1.82) is 0 Å². The third-order valence-electron chi connectivity index (χ3n) is 1.74. The Hall–Kier alpha value is -0.830. The second-order valence-electron chi connectivity index (χ2n) is 2.58. The van der Waals surface area contributed by atoms with Crippen molar-refractivity contribution in [2.75, 3.05) is 26.2 Å². The fourth-order valence-electron chi connectivity index (χ4n) is 1.13. The molecule has 1 fully saturated rings. The third kappa shape index (κ3) is 4.68. The lowest BCUT2D eigenvalue weighted by Crippen LogP contribution is -2.45. The van der Waals surface area contributed by atoms with Gasteiger partial charge in [0.25, 0.3) is 0 Å². The molecule has 1 aliphatic rings. The van der Waals surface area contributed by atoms with E-state index < -0.39 is 0 Å². The SMILES string of the molecule is C/C=C/C(=O)N1CCNCC1.CC. The Balaban J connectivity index is 0.000000671. The average Bonchev–Trinajstić information content (AvgIpc) is 2.23. The number of carbonyl (C=O) groups excluding carboxylic acids is 1. The number of rotatable bonds is 1. The molecule has 0 bridgehead atoms. The Bertz CT molecular complexity index is 160. The fourth-order valence-corrected chi connectivity index (χ4v) is 1.13. The van der Waals surface area contributed by atoms with Crippen LogP contribution >= 0.6 is 0 Å². The second-order valence-corrected chi connectivity index (χ2v) is 2.58. The quantitative estimate of drug-likeness (QED) is 0.617. The van der Waals surface area contributed by atoms with Crippen molar-refractivity contribution < 1.29 is 4.79 Å². The van der Waals surface area contributed by atoms with Gasteiger partial charge in [-0.15, -0.1) is 0 Å². The summed E-state index contributed by atoms with van der Waals surface area (Å²) >= 11 is 0. The van der Waals surface area contributed by atoms with Gasteiger partial charge >= 0.3 is 0 Å². The summed E-state index contributed by atoms with van der Waals surface area (Å²) in [5.41, 5.74) is 0. The van der Waals surface area contributed by atoms with E-state index in [0.717, 1.165) is 26.2 Å². The van der Waals surface area contributed by atoms with Crippen LogP contribution in [-0.4, -0.2) is 37.0 Å². The highest BCUT2D eigenvalue weighted by Crippen LogP contribution is 1.93. The van der Waals surface area contributed by atoms with E-state index in [2.05, 4.69) is 5.32 Å². The fraction of sp³-hybridized carbons (Fsp3) is 0.700. The number of hydrogen-bond acceptors (Lipinski definition) is 2. The largest absolute Gasteiger partial charge is 0.337 e. The number of nitrogens with zero attached hydrogens (tertiary/aromatic N) is 1. The minimum absolute atomic E-state index is 0.133. The zero-order chi connectivity index (χ0) is 10.1. The Morgan fingerprint density at radius 3 is 2.31 bits per heavy atom. The molecule has 13 heavy (non-hydrogen) atoms. The third-order valence-corrected chi connectivity index (χ3v) is 1.74. The Kier molecular flexibility index (Phi) is 7.30. The number of amides is 1. The normalized spacial score (nSPS) is 16.7. The second kappa shape index (κ2) is 7.80. The first kappa shape index (κ1) is 12.2. The molecule has 3 heteroatoms. The highest BCUT2D eigenvalue weighted by molar-refractivity contribution is 5.87. The molecule has 1 amide bonds. The van der Waals surface area contributed by atoms with Gasteiger partial charge in [-0.1, -0.05) is 19.9 Å². The Morgan fingerprint density at radius 2 is 1.85 bits per heavy atom. The summed E-state index contributed by atoms with van der Waals surface area (Å²) in [4.78, 5) is 13.1. The van der Waals surface area contributed by atoms with E-state index in [9.17, 15) is 4.79 Å². The van der Waals surface area contributed by atoms with E-state index in [1.807, 2.05) is 25.7 Å². The molecule has 0 aromatic heterocycles. The summed E-state index contributed by atoms with van der Waals surface area (Å²) in [7, 11) is 0. The lowest BCUT2D eigenvalue weighted by Gasteiger charge is -2.26. The van der Waals surface area contributed by atoms with Gasteiger partial charge in [0.1, 0.15) is 0 Å². The van der Waals surface area contributed by atoms with Crippen LogP contribution < -0.4 is 5.32 Å². The van der Waals surface area contributed by atoms with Gasteiger partial charge in [-0.25, -0.2) is 0 Å². The van der Waals surface area contributed by atoms with Crippen molar-refractivity contribution in [2.24, 2.45) is 0 Å². The Labute approximate surface area is 80.8 Å². The summed E-state index contributed by atoms with van der Waals surface area (Å²) in [5, 5.41) is 3.19. The molecular formula is C10H20N2O. The molecule has 0 unspecified atom stereocenters. The number of carbonyl (C=O) groups is 1. The van der Waals surface area contributed by atoms with E-state index in [0.29, 0.717) is 0 Å². The molecule has 0 aromatic rings. The van der Waals surface area contributed by atoms with Crippen molar-refractivity contribution in [3.63, 3.8) is 0 Å². The van der Waals surface area contributed by atoms with Crippen molar-refractivity contribution >= 4 is 5.91 Å². The van der Waals surface area contributed by atoms with Gasteiger partial charge in [0.15, 0.2) is 0 Å². The molecule has 0 saturated carbocycles. The lowest BCUT2D eigenvalue weighted by atomic mass is 10.3. The summed E-state index contributed by atoms with van der Waals surface area (Å²) < 4.78 is 0. The van der Waals surface area contributed by atoms with Gasteiger partial charge in [-0.2, -0.15) is 0 Å². The topological polar surface area (TPSA) is 32.3 Å². The standard InChI is InChI=1S/C8H14N2O.C2H6/c1-2-3-8(11)10-6-4-9-5-7-10;1-2/h2-3,9H,4-7H2,1H3;1-2H3/b3-2+;. The maximum absolute atomic E-state index is 11.2. The molecule has 0 radical (unpaired) electrons. The monoisotopic (exact) mass is 184 g/mol. The predicted octanol–water partition coefficient (Wildman–Crippen LogP) is 1.02. The minimum atomic E-state index is 0.133. The molecule has 1 rings (SSSR count). The van der Waals surface area contributed by atoms with Gasteiger partial charge in [-0.3, -0.25) is 4.79 Å². The van der Waals surface area contributed by atoms with Gasteiger partial charge in [-0.05, 0) is 13.0 Å². The number of allylic oxidation sites excluding steroid dienone is 1. The molecule has 1 aliphatic heterocycles. The summed E-state index contributed by atoms with van der Waals surface area (Å²) in [6.07, 6.45) is 3.40. The van der Waals surface area contributed by atoms with Crippen LogP contribution in [0.15, 0.2) is 12.2 Å². The van der Waals surface area contributed by atoms with Crippen LogP contribution in [-0.2, 0) is 4.79 Å². The van der Waals surface area contributed by atoms with E-state index in [4.69, 9.17) is 0 Å². The van der Waals surface area contributed by atoms with E-state index in [1.54, 1.807) is 12.2 Å². The minimum Gasteiger partial charge on any atom is -0.337 e. The lowest BCUT2D eigenvalue weighted by molar-refractivity contribution is -0.126. The maximum Gasteiger partial charge on any atom is 0.246 e. The van der Waals surface area contributed by atoms with Crippen molar-refractivity contribution in [2.45, 2.75) is 20.8 Å². The molecule has 0 aliphatic carbocycles. The zero-order valence-electron chi connectivity index (χ0n) is 8.84. The Morgan fingerprint density at radius 1 is 1.31 bits per heavy atom. The maximum atomic E-state index is 11.2. The van der Waals surface area contributed by atoms with Crippen LogP contribution in [0, 0.1) is 0 Å². The smallest absolute Gasteiger partial charge is 0.246 e. The van der Waals surface area contributed by atoms with Gasteiger partial charge < -0.3 is 10.2 Å². The van der Waals surface area contributed by atoms with Crippen LogP contribution in [0.5, 0.6) is 0 Å². The number of piperazine rings is 1. The highest BCUT2D eigenvalue weighted by atomic mass is 16.2. The summed E-state index contributed by atoms with van der Waals surface area (Å²) in [6, 6.07) is 0. The van der Waals surface area contributed by atoms with E-state index in [1.165, 1.54) is 0 Å². The predicted molar refractivity (Wildman–Crippen MR) is 55.6 cm³/mol. The summed E-state index contributed by atoms with van der Waals surface area (Å²) in [5.74, 6) is 0.133. The molecule has 0 spiro atoms. The van der Waals surface area contributed by atoms with Crippen molar-refractivity contribution in [3.05, 3.63) is 12.2 Å². The van der Waals surface area contributed by atoms with Crippen molar-refractivity contribution in [3.8, 4) is 0 Å². The molecule has 76 valence electrons. The first-order valence-electron chi connectivity index (χ1n) is 4.97. The van der Waals surface area contributed by atoms with Crippen molar-refractivity contribution in [1.82, 2.24) is 10.2 Å². The highest BCUT2D eigenvalue weighted by Gasteiger charge is 2.12. The average molecular weight is 184 g/mol. The van der Waals surface area contributed by atoms with Crippen LogP contribution in [0.4, 0.5) is 0 Å². The number of nitrogens with one attached hydrogen (secondary N) is 1.